The number of piperazine rings is 1. The Morgan fingerprint density at radius 3 is 2.41 bits per heavy atom. The van der Waals surface area contributed by atoms with Crippen LogP contribution in [0.3, 0.4) is 0 Å². The third kappa shape index (κ3) is 4.15. The van der Waals surface area contributed by atoms with Gasteiger partial charge in [0.1, 0.15) is 5.75 Å². The molecule has 0 aliphatic carbocycles. The molecular weight excluding hydrogens is 338 g/mol. The van der Waals surface area contributed by atoms with Crippen LogP contribution in [0, 0.1) is 0 Å². The molecule has 0 spiro atoms. The minimum atomic E-state index is 0.195. The quantitative estimate of drug-likeness (QED) is 0.788. The second-order valence-corrected chi connectivity index (χ2v) is 7.32. The monoisotopic (exact) mass is 365 g/mol. The van der Waals surface area contributed by atoms with Crippen molar-refractivity contribution in [1.82, 2.24) is 9.80 Å². The van der Waals surface area contributed by atoms with E-state index in [2.05, 4.69) is 40.1 Å². The number of carbonyl (C=O) groups is 1. The molecule has 142 valence electrons. The van der Waals surface area contributed by atoms with Gasteiger partial charge in [0.15, 0.2) is 0 Å². The van der Waals surface area contributed by atoms with Crippen molar-refractivity contribution in [3.63, 3.8) is 0 Å². The Morgan fingerprint density at radius 2 is 1.67 bits per heavy atom. The fourth-order valence-corrected chi connectivity index (χ4v) is 3.96. The molecule has 2 aromatic rings. The summed E-state index contributed by atoms with van der Waals surface area (Å²) in [5, 5.41) is 0. The Morgan fingerprint density at radius 1 is 0.926 bits per heavy atom. The Bertz CT molecular complexity index is 785. The molecule has 2 heterocycles. The third-order valence-electron chi connectivity index (χ3n) is 5.58. The molecule has 0 N–H and O–H groups in total. The van der Waals surface area contributed by atoms with Crippen LogP contribution in [-0.2, 0) is 17.8 Å². The zero-order valence-electron chi connectivity index (χ0n) is 15.9. The number of hydrogen-bond acceptors (Lipinski definition) is 4. The largest absolute Gasteiger partial charge is 0.497 e. The van der Waals surface area contributed by atoms with Crippen LogP contribution >= 0.6 is 0 Å². The fourth-order valence-electron chi connectivity index (χ4n) is 3.96. The number of fused-ring (bicyclic) bond motifs is 1. The van der Waals surface area contributed by atoms with Crippen molar-refractivity contribution in [2.24, 2.45) is 0 Å². The van der Waals surface area contributed by atoms with E-state index in [4.69, 9.17) is 4.74 Å². The average molecular weight is 365 g/mol. The summed E-state index contributed by atoms with van der Waals surface area (Å²) < 4.78 is 5.32. The van der Waals surface area contributed by atoms with E-state index in [1.807, 2.05) is 23.1 Å². The number of anilines is 1. The van der Waals surface area contributed by atoms with Crippen LogP contribution in [0.25, 0.3) is 0 Å². The van der Waals surface area contributed by atoms with Crippen molar-refractivity contribution in [2.45, 2.75) is 13.0 Å². The summed E-state index contributed by atoms with van der Waals surface area (Å²) in [4.78, 5) is 19.3. The molecule has 2 aromatic carbocycles. The Hall–Kier alpha value is -2.37. The van der Waals surface area contributed by atoms with Gasteiger partial charge in [-0.05, 0) is 17.2 Å². The highest BCUT2D eigenvalue weighted by Crippen LogP contribution is 2.32. The lowest BCUT2D eigenvalue weighted by Gasteiger charge is -2.35. The molecule has 2 aliphatic heterocycles. The van der Waals surface area contributed by atoms with Gasteiger partial charge in [-0.15, -0.1) is 0 Å². The maximum absolute atomic E-state index is 12.4. The first-order chi connectivity index (χ1) is 13.2. The number of ether oxygens (including phenoxy) is 1. The first kappa shape index (κ1) is 18.0. The van der Waals surface area contributed by atoms with Gasteiger partial charge in [0, 0.05) is 51.9 Å². The Kier molecular flexibility index (Phi) is 5.41. The first-order valence-corrected chi connectivity index (χ1v) is 9.69. The van der Waals surface area contributed by atoms with Gasteiger partial charge in [0.05, 0.1) is 19.2 Å². The Labute approximate surface area is 161 Å². The maximum Gasteiger partial charge on any atom is 0.231 e. The topological polar surface area (TPSA) is 36.0 Å². The maximum atomic E-state index is 12.4. The summed E-state index contributed by atoms with van der Waals surface area (Å²) >= 11 is 0. The summed E-state index contributed by atoms with van der Waals surface area (Å²) in [6, 6.07) is 16.6. The number of nitrogens with zero attached hydrogens (tertiary/aromatic N) is 3. The number of methoxy groups -OCH3 is 1. The van der Waals surface area contributed by atoms with Gasteiger partial charge in [-0.1, -0.05) is 36.4 Å². The number of benzene rings is 2. The molecular formula is C22H27N3O2. The van der Waals surface area contributed by atoms with Gasteiger partial charge < -0.3 is 9.64 Å². The summed E-state index contributed by atoms with van der Waals surface area (Å²) in [5.74, 6) is 1.00. The van der Waals surface area contributed by atoms with Gasteiger partial charge in [0.2, 0.25) is 5.91 Å². The number of carbonyl (C=O) groups excluding carboxylic acids is 1. The van der Waals surface area contributed by atoms with E-state index in [1.54, 1.807) is 7.11 Å². The standard InChI is InChI=1S/C22H27N3O2/c1-27-20-8-7-19-15-22(26)25(21(19)16-20)14-13-23-9-11-24(12-10-23)17-18-5-3-2-4-6-18/h2-8,16H,9-15,17H2,1H3. The van der Waals surface area contributed by atoms with Crippen LogP contribution in [0.5, 0.6) is 5.75 Å². The van der Waals surface area contributed by atoms with E-state index in [0.717, 1.165) is 62.8 Å². The third-order valence-corrected chi connectivity index (χ3v) is 5.58. The second kappa shape index (κ2) is 8.11. The first-order valence-electron chi connectivity index (χ1n) is 9.69. The van der Waals surface area contributed by atoms with Crippen LogP contribution < -0.4 is 9.64 Å². The predicted octanol–water partition coefficient (Wildman–Crippen LogP) is 2.40. The molecule has 1 fully saturated rings. The second-order valence-electron chi connectivity index (χ2n) is 7.32. The van der Waals surface area contributed by atoms with E-state index in [0.29, 0.717) is 6.42 Å². The molecule has 27 heavy (non-hydrogen) atoms. The minimum Gasteiger partial charge on any atom is -0.497 e. The van der Waals surface area contributed by atoms with Crippen molar-refractivity contribution in [3.05, 3.63) is 59.7 Å². The molecule has 0 aromatic heterocycles. The predicted molar refractivity (Wildman–Crippen MR) is 107 cm³/mol. The molecule has 0 bridgehead atoms. The van der Waals surface area contributed by atoms with Crippen molar-refractivity contribution in [3.8, 4) is 5.75 Å². The summed E-state index contributed by atoms with van der Waals surface area (Å²) in [6.45, 7) is 6.95. The number of hydrogen-bond donors (Lipinski definition) is 0. The molecule has 0 radical (unpaired) electrons. The summed E-state index contributed by atoms with van der Waals surface area (Å²) in [7, 11) is 1.66. The van der Waals surface area contributed by atoms with Gasteiger partial charge >= 0.3 is 0 Å². The lowest BCUT2D eigenvalue weighted by atomic mass is 10.1. The zero-order valence-corrected chi connectivity index (χ0v) is 15.9. The van der Waals surface area contributed by atoms with E-state index in [-0.39, 0.29) is 5.91 Å². The van der Waals surface area contributed by atoms with Gasteiger partial charge in [-0.2, -0.15) is 0 Å². The van der Waals surface area contributed by atoms with E-state index >= 15 is 0 Å². The highest BCUT2D eigenvalue weighted by atomic mass is 16.5. The fraction of sp³-hybridized carbons (Fsp3) is 0.409. The lowest BCUT2D eigenvalue weighted by Crippen LogP contribution is -2.48. The molecule has 2 aliphatic rings. The highest BCUT2D eigenvalue weighted by Gasteiger charge is 2.28. The van der Waals surface area contributed by atoms with E-state index in [9.17, 15) is 4.79 Å². The zero-order chi connectivity index (χ0) is 18.6. The van der Waals surface area contributed by atoms with Crippen molar-refractivity contribution in [2.75, 3.05) is 51.3 Å². The van der Waals surface area contributed by atoms with Gasteiger partial charge in [-0.3, -0.25) is 14.6 Å². The number of rotatable bonds is 6. The van der Waals surface area contributed by atoms with Crippen LogP contribution in [0.1, 0.15) is 11.1 Å². The molecule has 0 unspecified atom stereocenters. The van der Waals surface area contributed by atoms with E-state index < -0.39 is 0 Å². The summed E-state index contributed by atoms with van der Waals surface area (Å²) in [6.07, 6.45) is 0.504. The SMILES string of the molecule is COc1ccc2c(c1)N(CCN1CCN(Cc3ccccc3)CC1)C(=O)C2. The minimum absolute atomic E-state index is 0.195. The molecule has 0 saturated carbocycles. The van der Waals surface area contributed by atoms with Crippen LogP contribution in [0.2, 0.25) is 0 Å². The molecule has 5 heteroatoms. The summed E-state index contributed by atoms with van der Waals surface area (Å²) in [5.41, 5.74) is 3.50. The van der Waals surface area contributed by atoms with Gasteiger partial charge in [-0.25, -0.2) is 0 Å². The Balaban J connectivity index is 1.29. The molecule has 5 nitrogen and oxygen atoms in total. The van der Waals surface area contributed by atoms with Crippen LogP contribution in [0.4, 0.5) is 5.69 Å². The molecule has 1 amide bonds. The van der Waals surface area contributed by atoms with Crippen LogP contribution in [-0.4, -0.2) is 62.1 Å². The normalized spacial score (nSPS) is 18.0. The molecule has 1 saturated heterocycles. The van der Waals surface area contributed by atoms with Crippen molar-refractivity contribution < 1.29 is 9.53 Å². The van der Waals surface area contributed by atoms with Crippen molar-refractivity contribution in [1.29, 1.82) is 0 Å². The lowest BCUT2D eigenvalue weighted by molar-refractivity contribution is -0.117. The molecule has 4 rings (SSSR count). The van der Waals surface area contributed by atoms with Gasteiger partial charge in [0.25, 0.3) is 0 Å². The smallest absolute Gasteiger partial charge is 0.231 e. The molecule has 0 atom stereocenters. The average Bonchev–Trinajstić information content (AvgIpc) is 3.02. The van der Waals surface area contributed by atoms with Crippen molar-refractivity contribution >= 4 is 11.6 Å². The highest BCUT2D eigenvalue weighted by molar-refractivity contribution is 6.01. The van der Waals surface area contributed by atoms with Crippen LogP contribution in [0.15, 0.2) is 48.5 Å². The number of amides is 1. The van der Waals surface area contributed by atoms with E-state index in [1.165, 1.54) is 5.56 Å².